The Morgan fingerprint density at radius 1 is 1.56 bits per heavy atom. The predicted molar refractivity (Wildman–Crippen MR) is 109 cm³/mol. The van der Waals surface area contributed by atoms with Crippen molar-refractivity contribution in [1.29, 1.82) is 5.26 Å². The van der Waals surface area contributed by atoms with Crippen molar-refractivity contribution in [1.82, 2.24) is 14.9 Å². The van der Waals surface area contributed by atoms with Gasteiger partial charge < -0.3 is 5.32 Å². The summed E-state index contributed by atoms with van der Waals surface area (Å²) in [6.45, 7) is 9.71. The fourth-order valence-corrected chi connectivity index (χ4v) is 4.93. The maximum absolute atomic E-state index is 12.9. The number of carbonyl (C=O) groups is 1. The number of nitriles is 1. The zero-order chi connectivity index (χ0) is 19.8. The normalized spacial score (nSPS) is 15.9. The van der Waals surface area contributed by atoms with Gasteiger partial charge in [0.1, 0.15) is 10.4 Å². The lowest BCUT2D eigenvalue weighted by molar-refractivity contribution is -0.119. The van der Waals surface area contributed by atoms with Crippen LogP contribution < -0.4 is 10.9 Å². The number of rotatable bonds is 7. The van der Waals surface area contributed by atoms with Crippen molar-refractivity contribution in [2.75, 3.05) is 5.75 Å². The fraction of sp³-hybridized carbons (Fsp3) is 0.474. The molecule has 2 heterocycles. The van der Waals surface area contributed by atoms with E-state index in [1.165, 1.54) is 23.1 Å². The number of aryl methyl sites for hydroxylation is 2. The molecule has 1 unspecified atom stereocenters. The Morgan fingerprint density at radius 3 is 2.85 bits per heavy atom. The van der Waals surface area contributed by atoms with Crippen molar-refractivity contribution in [3.8, 4) is 6.07 Å². The SMILES string of the molecule is C=CCn1c(SCC(=O)NC(C)(C#N)C2CC2)nc2sc(C)c(C)c2c1=O. The summed E-state index contributed by atoms with van der Waals surface area (Å²) in [6, 6.07) is 2.22. The van der Waals surface area contributed by atoms with Gasteiger partial charge >= 0.3 is 0 Å². The van der Waals surface area contributed by atoms with Gasteiger partial charge in [0, 0.05) is 11.4 Å². The molecule has 6 nitrogen and oxygen atoms in total. The summed E-state index contributed by atoms with van der Waals surface area (Å²) in [5.41, 5.74) is 0.0240. The van der Waals surface area contributed by atoms with E-state index >= 15 is 0 Å². The highest BCUT2D eigenvalue weighted by molar-refractivity contribution is 7.99. The Kier molecular flexibility index (Phi) is 5.45. The van der Waals surface area contributed by atoms with Crippen LogP contribution >= 0.6 is 23.1 Å². The number of thioether (sulfide) groups is 1. The van der Waals surface area contributed by atoms with Crippen LogP contribution in [-0.4, -0.2) is 26.8 Å². The van der Waals surface area contributed by atoms with Gasteiger partial charge in [0.2, 0.25) is 5.91 Å². The second kappa shape index (κ2) is 7.49. The molecule has 1 amide bonds. The highest BCUT2D eigenvalue weighted by Gasteiger charge is 2.42. The summed E-state index contributed by atoms with van der Waals surface area (Å²) >= 11 is 2.70. The van der Waals surface area contributed by atoms with Gasteiger partial charge in [-0.3, -0.25) is 14.2 Å². The van der Waals surface area contributed by atoms with Gasteiger partial charge in [-0.2, -0.15) is 5.26 Å². The lowest BCUT2D eigenvalue weighted by Gasteiger charge is -2.22. The Balaban J connectivity index is 1.84. The summed E-state index contributed by atoms with van der Waals surface area (Å²) < 4.78 is 1.55. The highest BCUT2D eigenvalue weighted by atomic mass is 32.2. The van der Waals surface area contributed by atoms with Gasteiger partial charge in [-0.15, -0.1) is 17.9 Å². The minimum absolute atomic E-state index is 0.0996. The second-order valence-corrected chi connectivity index (χ2v) is 9.13. The summed E-state index contributed by atoms with van der Waals surface area (Å²) in [6.07, 6.45) is 3.57. The number of hydrogen-bond donors (Lipinski definition) is 1. The molecule has 2 aromatic rings. The number of thiophene rings is 1. The quantitative estimate of drug-likeness (QED) is 0.437. The number of hydrogen-bond acceptors (Lipinski definition) is 6. The molecule has 0 saturated heterocycles. The van der Waals surface area contributed by atoms with E-state index in [9.17, 15) is 14.9 Å². The third-order valence-electron chi connectivity index (χ3n) is 4.92. The zero-order valence-electron chi connectivity index (χ0n) is 15.7. The van der Waals surface area contributed by atoms with Crippen LogP contribution in [0, 0.1) is 31.1 Å². The topological polar surface area (TPSA) is 87.8 Å². The van der Waals surface area contributed by atoms with Crippen LogP contribution in [0.3, 0.4) is 0 Å². The summed E-state index contributed by atoms with van der Waals surface area (Å²) in [5.74, 6) is 0.0959. The fourth-order valence-electron chi connectivity index (χ4n) is 3.05. The van der Waals surface area contributed by atoms with Crippen molar-refractivity contribution in [2.45, 2.75) is 50.9 Å². The van der Waals surface area contributed by atoms with E-state index in [2.05, 4.69) is 22.9 Å². The van der Waals surface area contributed by atoms with Gasteiger partial charge in [0.25, 0.3) is 5.56 Å². The molecule has 2 aromatic heterocycles. The number of nitrogens with one attached hydrogen (secondary N) is 1. The van der Waals surface area contributed by atoms with E-state index in [-0.39, 0.29) is 23.1 Å². The molecule has 1 atom stereocenters. The van der Waals surface area contributed by atoms with E-state index in [1.807, 2.05) is 13.8 Å². The maximum atomic E-state index is 12.9. The first-order chi connectivity index (χ1) is 12.8. The van der Waals surface area contributed by atoms with E-state index in [0.29, 0.717) is 21.9 Å². The van der Waals surface area contributed by atoms with Gasteiger partial charge in [-0.05, 0) is 45.1 Å². The van der Waals surface area contributed by atoms with Crippen LogP contribution in [0.4, 0.5) is 0 Å². The molecular weight excluding hydrogens is 380 g/mol. The third kappa shape index (κ3) is 3.80. The Morgan fingerprint density at radius 2 is 2.26 bits per heavy atom. The van der Waals surface area contributed by atoms with Gasteiger partial charge in [-0.1, -0.05) is 17.8 Å². The minimum atomic E-state index is -0.822. The lowest BCUT2D eigenvalue weighted by atomic mass is 9.98. The Labute approximate surface area is 166 Å². The van der Waals surface area contributed by atoms with E-state index < -0.39 is 5.54 Å². The molecule has 0 radical (unpaired) electrons. The van der Waals surface area contributed by atoms with Crippen molar-refractivity contribution in [3.63, 3.8) is 0 Å². The largest absolute Gasteiger partial charge is 0.337 e. The molecule has 1 aliphatic carbocycles. The molecule has 0 aliphatic heterocycles. The van der Waals surface area contributed by atoms with Crippen LogP contribution in [0.1, 0.15) is 30.2 Å². The van der Waals surface area contributed by atoms with Gasteiger partial charge in [0.15, 0.2) is 5.16 Å². The second-order valence-electron chi connectivity index (χ2n) is 6.99. The van der Waals surface area contributed by atoms with Crippen LogP contribution in [0.15, 0.2) is 22.6 Å². The predicted octanol–water partition coefficient (Wildman–Crippen LogP) is 3.16. The van der Waals surface area contributed by atoms with E-state index in [0.717, 1.165) is 23.3 Å². The lowest BCUT2D eigenvalue weighted by Crippen LogP contribution is -2.47. The molecule has 142 valence electrons. The maximum Gasteiger partial charge on any atom is 0.263 e. The monoisotopic (exact) mass is 402 g/mol. The first kappa shape index (κ1) is 19.6. The van der Waals surface area contributed by atoms with Crippen molar-refractivity contribution >= 4 is 39.2 Å². The molecule has 8 heteroatoms. The van der Waals surface area contributed by atoms with Gasteiger partial charge in [0.05, 0.1) is 17.2 Å². The number of carbonyl (C=O) groups excluding carboxylic acids is 1. The molecular formula is C19H22N4O2S2. The average molecular weight is 403 g/mol. The summed E-state index contributed by atoms with van der Waals surface area (Å²) in [7, 11) is 0. The Bertz CT molecular complexity index is 1010. The highest BCUT2D eigenvalue weighted by Crippen LogP contribution is 2.39. The van der Waals surface area contributed by atoms with Gasteiger partial charge in [-0.25, -0.2) is 4.98 Å². The number of nitrogens with zero attached hydrogens (tertiary/aromatic N) is 3. The van der Waals surface area contributed by atoms with E-state index in [4.69, 9.17) is 0 Å². The van der Waals surface area contributed by atoms with Crippen molar-refractivity contribution in [3.05, 3.63) is 33.4 Å². The zero-order valence-corrected chi connectivity index (χ0v) is 17.3. The van der Waals surface area contributed by atoms with Crippen molar-refractivity contribution < 1.29 is 4.79 Å². The standard InChI is InChI=1S/C19H22N4O2S2/c1-5-8-23-17(25)15-11(2)12(3)27-16(15)21-18(23)26-9-14(24)22-19(4,10-20)13-6-7-13/h5,13H,1,6-9H2,2-4H3,(H,22,24). The Hall–Kier alpha value is -2.11. The van der Waals surface area contributed by atoms with E-state index in [1.54, 1.807) is 17.6 Å². The van der Waals surface area contributed by atoms with Crippen molar-refractivity contribution in [2.24, 2.45) is 5.92 Å². The number of aromatic nitrogens is 2. The van der Waals surface area contributed by atoms with Crippen LogP contribution in [-0.2, 0) is 11.3 Å². The smallest absolute Gasteiger partial charge is 0.263 e. The molecule has 1 saturated carbocycles. The average Bonchev–Trinajstić information content (AvgIpc) is 3.44. The summed E-state index contributed by atoms with van der Waals surface area (Å²) in [5, 5.41) is 13.4. The number of amides is 1. The van der Waals surface area contributed by atoms with Crippen LogP contribution in [0.2, 0.25) is 0 Å². The first-order valence-corrected chi connectivity index (χ1v) is 10.6. The molecule has 0 aromatic carbocycles. The molecule has 1 aliphatic rings. The molecule has 1 N–H and O–H groups in total. The first-order valence-electron chi connectivity index (χ1n) is 8.77. The number of fused-ring (bicyclic) bond motifs is 1. The molecule has 1 fully saturated rings. The summed E-state index contributed by atoms with van der Waals surface area (Å²) in [4.78, 5) is 31.7. The minimum Gasteiger partial charge on any atom is -0.337 e. The molecule has 27 heavy (non-hydrogen) atoms. The third-order valence-corrected chi connectivity index (χ3v) is 7.00. The molecule has 0 spiro atoms. The number of allylic oxidation sites excluding steroid dienone is 1. The van der Waals surface area contributed by atoms with Crippen LogP contribution in [0.5, 0.6) is 0 Å². The van der Waals surface area contributed by atoms with Crippen LogP contribution in [0.25, 0.3) is 10.2 Å². The molecule has 0 bridgehead atoms. The molecule has 3 rings (SSSR count).